The predicted molar refractivity (Wildman–Crippen MR) is 50.6 cm³/mol. The summed E-state index contributed by atoms with van der Waals surface area (Å²) in [5.41, 5.74) is 1.52. The van der Waals surface area contributed by atoms with Crippen molar-refractivity contribution in [3.63, 3.8) is 0 Å². The molecule has 0 saturated carbocycles. The van der Waals surface area contributed by atoms with E-state index in [2.05, 4.69) is 10.4 Å². The van der Waals surface area contributed by atoms with Crippen LogP contribution in [0.5, 0.6) is 0 Å². The first kappa shape index (κ1) is 9.77. The molecule has 72 valence electrons. The Morgan fingerprint density at radius 3 is 2.77 bits per heavy atom. The summed E-state index contributed by atoms with van der Waals surface area (Å²) < 4.78 is 1.81. The molecule has 1 rings (SSSR count). The number of carbonyl (C=O) groups excluding carboxylic acids is 1. The van der Waals surface area contributed by atoms with Gasteiger partial charge in [-0.05, 0) is 26.8 Å². The molecule has 0 saturated heterocycles. The molecule has 4 heteroatoms. The smallest absolute Gasteiger partial charge is 0.271 e. The van der Waals surface area contributed by atoms with E-state index in [1.807, 2.05) is 25.5 Å². The highest BCUT2D eigenvalue weighted by Gasteiger charge is 2.09. The van der Waals surface area contributed by atoms with Crippen molar-refractivity contribution in [2.24, 2.45) is 0 Å². The zero-order valence-corrected chi connectivity index (χ0v) is 8.29. The third kappa shape index (κ3) is 2.08. The Morgan fingerprint density at radius 1 is 1.62 bits per heavy atom. The molecule has 1 N–H and O–H groups in total. The summed E-state index contributed by atoms with van der Waals surface area (Å²) in [6, 6.07) is 1.80. The Hall–Kier alpha value is -1.32. The van der Waals surface area contributed by atoms with Gasteiger partial charge in [-0.1, -0.05) is 0 Å². The molecule has 0 aliphatic heterocycles. The Balaban J connectivity index is 2.84. The molecule has 1 aromatic rings. The second-order valence-electron chi connectivity index (χ2n) is 2.85. The summed E-state index contributed by atoms with van der Waals surface area (Å²) in [6.45, 7) is 7.27. The molecule has 13 heavy (non-hydrogen) atoms. The fourth-order valence-electron chi connectivity index (χ4n) is 1.19. The number of carbonyl (C=O) groups is 1. The zero-order valence-electron chi connectivity index (χ0n) is 8.29. The molecular weight excluding hydrogens is 166 g/mol. The molecule has 0 spiro atoms. The minimum Gasteiger partial charge on any atom is -0.351 e. The number of aryl methyl sites for hydroxylation is 2. The standard InChI is InChI=1S/C9H15N3O/c1-4-10-9(13)8-6-7(3)12(5-2)11-8/h6H,4-5H2,1-3H3,(H,10,13). The molecule has 1 amide bonds. The van der Waals surface area contributed by atoms with Gasteiger partial charge in [-0.2, -0.15) is 5.10 Å². The summed E-state index contributed by atoms with van der Waals surface area (Å²) in [5, 5.41) is 6.86. The fraction of sp³-hybridized carbons (Fsp3) is 0.556. The highest BCUT2D eigenvalue weighted by molar-refractivity contribution is 5.92. The van der Waals surface area contributed by atoms with E-state index < -0.39 is 0 Å². The lowest BCUT2D eigenvalue weighted by Gasteiger charge is -1.97. The number of nitrogens with one attached hydrogen (secondary N) is 1. The third-order valence-corrected chi connectivity index (χ3v) is 1.85. The summed E-state index contributed by atoms with van der Waals surface area (Å²) in [4.78, 5) is 11.3. The van der Waals surface area contributed by atoms with E-state index in [0.717, 1.165) is 12.2 Å². The van der Waals surface area contributed by atoms with Gasteiger partial charge in [-0.25, -0.2) is 0 Å². The van der Waals surface area contributed by atoms with Crippen LogP contribution in [0.15, 0.2) is 6.07 Å². The predicted octanol–water partition coefficient (Wildman–Crippen LogP) is 0.961. The summed E-state index contributed by atoms with van der Waals surface area (Å²) in [6.07, 6.45) is 0. The van der Waals surface area contributed by atoms with Crippen molar-refractivity contribution in [1.82, 2.24) is 15.1 Å². The second kappa shape index (κ2) is 4.07. The maximum Gasteiger partial charge on any atom is 0.271 e. The topological polar surface area (TPSA) is 46.9 Å². The van der Waals surface area contributed by atoms with Gasteiger partial charge in [0, 0.05) is 18.8 Å². The molecule has 0 aromatic carbocycles. The lowest BCUT2D eigenvalue weighted by atomic mass is 10.3. The van der Waals surface area contributed by atoms with E-state index in [1.54, 1.807) is 6.07 Å². The normalized spacial score (nSPS) is 10.1. The van der Waals surface area contributed by atoms with E-state index in [-0.39, 0.29) is 5.91 Å². The Morgan fingerprint density at radius 2 is 2.31 bits per heavy atom. The number of amides is 1. The number of rotatable bonds is 3. The van der Waals surface area contributed by atoms with Crippen molar-refractivity contribution in [2.75, 3.05) is 6.54 Å². The Labute approximate surface area is 77.9 Å². The van der Waals surface area contributed by atoms with E-state index in [1.165, 1.54) is 0 Å². The van der Waals surface area contributed by atoms with Crippen LogP contribution in [-0.2, 0) is 6.54 Å². The molecule has 0 bridgehead atoms. The third-order valence-electron chi connectivity index (χ3n) is 1.85. The van der Waals surface area contributed by atoms with Crippen LogP contribution in [0, 0.1) is 6.92 Å². The highest BCUT2D eigenvalue weighted by Crippen LogP contribution is 2.02. The minimum absolute atomic E-state index is 0.0993. The molecular formula is C9H15N3O. The number of nitrogens with zero attached hydrogens (tertiary/aromatic N) is 2. The van der Waals surface area contributed by atoms with Gasteiger partial charge >= 0.3 is 0 Å². The highest BCUT2D eigenvalue weighted by atomic mass is 16.1. The van der Waals surface area contributed by atoms with Crippen LogP contribution in [0.4, 0.5) is 0 Å². The minimum atomic E-state index is -0.0993. The van der Waals surface area contributed by atoms with Crippen molar-refractivity contribution in [2.45, 2.75) is 27.3 Å². The Bertz CT molecular complexity index is 304. The zero-order chi connectivity index (χ0) is 9.84. The molecule has 0 aliphatic rings. The molecule has 0 fully saturated rings. The molecule has 0 unspecified atom stereocenters. The van der Waals surface area contributed by atoms with Crippen LogP contribution < -0.4 is 5.32 Å². The van der Waals surface area contributed by atoms with Gasteiger partial charge in [-0.15, -0.1) is 0 Å². The number of hydrogen-bond donors (Lipinski definition) is 1. The van der Waals surface area contributed by atoms with Gasteiger partial charge in [0.15, 0.2) is 0 Å². The molecule has 4 nitrogen and oxygen atoms in total. The van der Waals surface area contributed by atoms with Crippen LogP contribution in [0.1, 0.15) is 30.0 Å². The van der Waals surface area contributed by atoms with E-state index in [0.29, 0.717) is 12.2 Å². The lowest BCUT2D eigenvalue weighted by molar-refractivity contribution is 0.0950. The van der Waals surface area contributed by atoms with Crippen molar-refractivity contribution >= 4 is 5.91 Å². The van der Waals surface area contributed by atoms with Gasteiger partial charge < -0.3 is 5.32 Å². The largest absolute Gasteiger partial charge is 0.351 e. The second-order valence-corrected chi connectivity index (χ2v) is 2.85. The van der Waals surface area contributed by atoms with Gasteiger partial charge in [0.1, 0.15) is 5.69 Å². The van der Waals surface area contributed by atoms with Crippen LogP contribution in [0.3, 0.4) is 0 Å². The molecule has 0 atom stereocenters. The molecule has 1 aromatic heterocycles. The van der Waals surface area contributed by atoms with Crippen molar-refractivity contribution < 1.29 is 4.79 Å². The monoisotopic (exact) mass is 181 g/mol. The van der Waals surface area contributed by atoms with Gasteiger partial charge in [0.05, 0.1) is 0 Å². The maximum absolute atomic E-state index is 11.3. The fourth-order valence-corrected chi connectivity index (χ4v) is 1.19. The number of aromatic nitrogens is 2. The van der Waals surface area contributed by atoms with E-state index >= 15 is 0 Å². The van der Waals surface area contributed by atoms with Crippen LogP contribution >= 0.6 is 0 Å². The quantitative estimate of drug-likeness (QED) is 0.755. The summed E-state index contributed by atoms with van der Waals surface area (Å²) in [7, 11) is 0. The summed E-state index contributed by atoms with van der Waals surface area (Å²) in [5.74, 6) is -0.0993. The first-order valence-electron chi connectivity index (χ1n) is 4.51. The average molecular weight is 181 g/mol. The van der Waals surface area contributed by atoms with Gasteiger partial charge in [0.2, 0.25) is 0 Å². The van der Waals surface area contributed by atoms with E-state index in [9.17, 15) is 4.79 Å². The SMILES string of the molecule is CCNC(=O)c1cc(C)n(CC)n1. The lowest BCUT2D eigenvalue weighted by Crippen LogP contribution is -2.23. The number of hydrogen-bond acceptors (Lipinski definition) is 2. The first-order chi connectivity index (χ1) is 6.19. The van der Waals surface area contributed by atoms with Crippen LogP contribution in [-0.4, -0.2) is 22.2 Å². The average Bonchev–Trinajstić information content (AvgIpc) is 2.47. The first-order valence-corrected chi connectivity index (χ1v) is 4.51. The van der Waals surface area contributed by atoms with Crippen LogP contribution in [0.2, 0.25) is 0 Å². The maximum atomic E-state index is 11.3. The molecule has 0 radical (unpaired) electrons. The van der Waals surface area contributed by atoms with Crippen molar-refractivity contribution in [1.29, 1.82) is 0 Å². The van der Waals surface area contributed by atoms with Crippen LogP contribution in [0.25, 0.3) is 0 Å². The van der Waals surface area contributed by atoms with Crippen molar-refractivity contribution in [3.8, 4) is 0 Å². The van der Waals surface area contributed by atoms with Gasteiger partial charge in [-0.3, -0.25) is 9.48 Å². The molecule has 0 aliphatic carbocycles. The molecule has 1 heterocycles. The Kier molecular flexibility index (Phi) is 3.06. The van der Waals surface area contributed by atoms with E-state index in [4.69, 9.17) is 0 Å². The van der Waals surface area contributed by atoms with Gasteiger partial charge in [0.25, 0.3) is 5.91 Å². The summed E-state index contributed by atoms with van der Waals surface area (Å²) >= 11 is 0. The van der Waals surface area contributed by atoms with Crippen molar-refractivity contribution in [3.05, 3.63) is 17.5 Å².